The van der Waals surface area contributed by atoms with Crippen LogP contribution in [-0.2, 0) is 4.79 Å². The quantitative estimate of drug-likeness (QED) is 0.551. The monoisotopic (exact) mass is 172 g/mol. The van der Waals surface area contributed by atoms with E-state index in [0.29, 0.717) is 13.1 Å². The van der Waals surface area contributed by atoms with E-state index in [9.17, 15) is 9.59 Å². The number of rotatable bonds is 0. The predicted octanol–water partition coefficient (Wildman–Crippen LogP) is -0.173. The van der Waals surface area contributed by atoms with Crippen molar-refractivity contribution in [2.24, 2.45) is 0 Å². The minimum absolute atomic E-state index is 0.136. The molecule has 1 rings (SSSR count). The summed E-state index contributed by atoms with van der Waals surface area (Å²) in [5.41, 5.74) is 0. The molecule has 1 saturated heterocycles. The van der Waals surface area contributed by atoms with E-state index in [1.54, 1.807) is 18.9 Å². The molecule has 1 N–H and O–H groups in total. The highest BCUT2D eigenvalue weighted by Crippen LogP contribution is 2.08. The molecule has 0 bridgehead atoms. The van der Waals surface area contributed by atoms with Crippen LogP contribution in [0.5, 0.6) is 0 Å². The molecule has 0 aromatic heterocycles. The van der Waals surface area contributed by atoms with Gasteiger partial charge in [-0.3, -0.25) is 9.69 Å². The number of carbonyl (C=O) groups excluding carboxylic acids is 1. The van der Waals surface area contributed by atoms with Crippen molar-refractivity contribution >= 4 is 12.0 Å². The van der Waals surface area contributed by atoms with E-state index in [4.69, 9.17) is 5.11 Å². The maximum Gasteiger partial charge on any atom is 0.408 e. The molecule has 0 aromatic rings. The smallest absolute Gasteiger partial charge is 0.408 e. The van der Waals surface area contributed by atoms with Crippen LogP contribution in [0.25, 0.3) is 0 Å². The predicted molar refractivity (Wildman–Crippen MR) is 41.8 cm³/mol. The Balaban J connectivity index is 2.71. The first-order chi connectivity index (χ1) is 5.54. The summed E-state index contributed by atoms with van der Waals surface area (Å²) in [6, 6.07) is -0.541. The van der Waals surface area contributed by atoms with Crippen LogP contribution in [0, 0.1) is 0 Å². The molecule has 1 aliphatic rings. The molecule has 12 heavy (non-hydrogen) atoms. The van der Waals surface area contributed by atoms with Gasteiger partial charge in [-0.15, -0.1) is 0 Å². The van der Waals surface area contributed by atoms with Gasteiger partial charge in [0, 0.05) is 20.1 Å². The summed E-state index contributed by atoms with van der Waals surface area (Å²) in [6.45, 7) is 2.49. The van der Waals surface area contributed by atoms with Gasteiger partial charge >= 0.3 is 6.09 Å². The van der Waals surface area contributed by atoms with Crippen molar-refractivity contribution < 1.29 is 14.7 Å². The average molecular weight is 172 g/mol. The Hall–Kier alpha value is -1.26. The van der Waals surface area contributed by atoms with Gasteiger partial charge in [0.2, 0.25) is 5.91 Å². The molecule has 0 aliphatic carbocycles. The fraction of sp³-hybridized carbons (Fsp3) is 0.714. The lowest BCUT2D eigenvalue weighted by atomic mass is 10.2. The van der Waals surface area contributed by atoms with E-state index in [2.05, 4.69) is 0 Å². The van der Waals surface area contributed by atoms with Gasteiger partial charge in [0.15, 0.2) is 0 Å². The van der Waals surface area contributed by atoms with E-state index >= 15 is 0 Å². The Morgan fingerprint density at radius 2 is 2.17 bits per heavy atom. The van der Waals surface area contributed by atoms with Crippen molar-refractivity contribution in [3.8, 4) is 0 Å². The van der Waals surface area contributed by atoms with Crippen LogP contribution in [0.1, 0.15) is 6.92 Å². The SMILES string of the molecule is C[C@@H]1C(=O)N(C)CCN1C(=O)O. The molecule has 0 spiro atoms. The number of piperazine rings is 1. The van der Waals surface area contributed by atoms with Crippen molar-refractivity contribution in [2.75, 3.05) is 20.1 Å². The number of amides is 2. The van der Waals surface area contributed by atoms with Gasteiger partial charge in [-0.05, 0) is 6.92 Å². The van der Waals surface area contributed by atoms with Gasteiger partial charge in [0.05, 0.1) is 0 Å². The van der Waals surface area contributed by atoms with Gasteiger partial charge in [0.25, 0.3) is 0 Å². The number of carboxylic acid groups (broad SMARTS) is 1. The first-order valence-electron chi connectivity index (χ1n) is 3.78. The number of hydrogen-bond acceptors (Lipinski definition) is 2. The Bertz CT molecular complexity index is 217. The Labute approximate surface area is 70.6 Å². The van der Waals surface area contributed by atoms with Crippen LogP contribution in [0.3, 0.4) is 0 Å². The van der Waals surface area contributed by atoms with Crippen molar-refractivity contribution in [2.45, 2.75) is 13.0 Å². The molecule has 5 heteroatoms. The zero-order valence-corrected chi connectivity index (χ0v) is 7.15. The molecule has 0 saturated carbocycles. The third-order valence-corrected chi connectivity index (χ3v) is 2.12. The van der Waals surface area contributed by atoms with Crippen LogP contribution in [0.15, 0.2) is 0 Å². The molecule has 1 atom stereocenters. The van der Waals surface area contributed by atoms with Gasteiger partial charge in [-0.2, -0.15) is 0 Å². The van der Waals surface area contributed by atoms with Crippen LogP contribution < -0.4 is 0 Å². The second-order valence-electron chi connectivity index (χ2n) is 2.91. The summed E-state index contributed by atoms with van der Waals surface area (Å²) >= 11 is 0. The van der Waals surface area contributed by atoms with Crippen molar-refractivity contribution in [3.05, 3.63) is 0 Å². The summed E-state index contributed by atoms with van der Waals surface area (Å²) in [5, 5.41) is 8.67. The lowest BCUT2D eigenvalue weighted by Gasteiger charge is -2.35. The average Bonchev–Trinajstić information content (AvgIpc) is 2.00. The Morgan fingerprint density at radius 1 is 1.58 bits per heavy atom. The Morgan fingerprint density at radius 3 is 2.67 bits per heavy atom. The largest absolute Gasteiger partial charge is 0.465 e. The van der Waals surface area contributed by atoms with Gasteiger partial charge in [0.1, 0.15) is 6.04 Å². The molecular formula is C7H12N2O3. The van der Waals surface area contributed by atoms with E-state index in [1.807, 2.05) is 0 Å². The van der Waals surface area contributed by atoms with E-state index < -0.39 is 12.1 Å². The molecule has 1 heterocycles. The molecule has 0 radical (unpaired) electrons. The molecular weight excluding hydrogens is 160 g/mol. The van der Waals surface area contributed by atoms with Crippen molar-refractivity contribution in [3.63, 3.8) is 0 Å². The van der Waals surface area contributed by atoms with E-state index in [-0.39, 0.29) is 5.91 Å². The summed E-state index contributed by atoms with van der Waals surface area (Å²) in [4.78, 5) is 24.5. The van der Waals surface area contributed by atoms with E-state index in [0.717, 1.165) is 4.90 Å². The van der Waals surface area contributed by atoms with Crippen molar-refractivity contribution in [1.29, 1.82) is 0 Å². The second kappa shape index (κ2) is 3.00. The highest BCUT2D eigenvalue weighted by atomic mass is 16.4. The molecule has 1 fully saturated rings. The standard InChI is InChI=1S/C7H12N2O3/c1-5-6(10)8(2)3-4-9(5)7(11)12/h5H,3-4H2,1-2H3,(H,11,12)/t5-/m1/s1. The molecule has 1 aliphatic heterocycles. The summed E-state index contributed by atoms with van der Waals surface area (Å²) < 4.78 is 0. The van der Waals surface area contributed by atoms with Gasteiger partial charge < -0.3 is 10.0 Å². The molecule has 0 aromatic carbocycles. The zero-order valence-electron chi connectivity index (χ0n) is 7.15. The number of carbonyl (C=O) groups is 2. The highest BCUT2D eigenvalue weighted by Gasteiger charge is 2.32. The first kappa shape index (κ1) is 8.83. The Kier molecular flexibility index (Phi) is 2.21. The third-order valence-electron chi connectivity index (χ3n) is 2.12. The lowest BCUT2D eigenvalue weighted by Crippen LogP contribution is -2.55. The van der Waals surface area contributed by atoms with Gasteiger partial charge in [-0.1, -0.05) is 0 Å². The van der Waals surface area contributed by atoms with Crippen LogP contribution in [0.2, 0.25) is 0 Å². The normalized spacial score (nSPS) is 24.5. The summed E-state index contributed by atoms with van der Waals surface area (Å²) in [6.07, 6.45) is -1.02. The van der Waals surface area contributed by atoms with Crippen molar-refractivity contribution in [1.82, 2.24) is 9.80 Å². The van der Waals surface area contributed by atoms with E-state index in [1.165, 1.54) is 0 Å². The maximum absolute atomic E-state index is 11.3. The highest BCUT2D eigenvalue weighted by molar-refractivity contribution is 5.85. The molecule has 2 amide bonds. The fourth-order valence-electron chi connectivity index (χ4n) is 1.28. The molecule has 0 unspecified atom stereocenters. The summed E-state index contributed by atoms with van der Waals surface area (Å²) in [7, 11) is 1.68. The number of hydrogen-bond donors (Lipinski definition) is 1. The van der Waals surface area contributed by atoms with Crippen LogP contribution in [-0.4, -0.2) is 53.1 Å². The third kappa shape index (κ3) is 1.34. The summed E-state index contributed by atoms with van der Waals surface area (Å²) in [5.74, 6) is -0.136. The minimum atomic E-state index is -1.02. The number of nitrogens with zero attached hydrogens (tertiary/aromatic N) is 2. The maximum atomic E-state index is 11.3. The van der Waals surface area contributed by atoms with Gasteiger partial charge in [-0.25, -0.2) is 4.79 Å². The lowest BCUT2D eigenvalue weighted by molar-refractivity contribution is -0.138. The second-order valence-corrected chi connectivity index (χ2v) is 2.91. The number of likely N-dealkylation sites (N-methyl/N-ethyl adjacent to an activating group) is 1. The molecule has 5 nitrogen and oxygen atoms in total. The van der Waals surface area contributed by atoms with Crippen LogP contribution >= 0.6 is 0 Å². The minimum Gasteiger partial charge on any atom is -0.465 e. The fourth-order valence-corrected chi connectivity index (χ4v) is 1.28. The molecule has 68 valence electrons. The topological polar surface area (TPSA) is 60.9 Å². The zero-order chi connectivity index (χ0) is 9.30. The first-order valence-corrected chi connectivity index (χ1v) is 3.78. The van der Waals surface area contributed by atoms with Crippen LogP contribution in [0.4, 0.5) is 4.79 Å².